The first kappa shape index (κ1) is 16.7. The Balaban J connectivity index is 1.67. The lowest BCUT2D eigenvalue weighted by Crippen LogP contribution is -2.38. The molecule has 128 valence electrons. The summed E-state index contributed by atoms with van der Waals surface area (Å²) in [5.41, 5.74) is -0.551. The fraction of sp³-hybridized carbons (Fsp3) is 0.118. The van der Waals surface area contributed by atoms with E-state index in [9.17, 15) is 27.6 Å². The van der Waals surface area contributed by atoms with E-state index in [1.54, 1.807) is 12.1 Å². The van der Waals surface area contributed by atoms with Crippen molar-refractivity contribution in [1.82, 2.24) is 10.2 Å². The van der Waals surface area contributed by atoms with Gasteiger partial charge >= 0.3 is 0 Å². The molecule has 0 bridgehead atoms. The van der Waals surface area contributed by atoms with Gasteiger partial charge in [-0.05, 0) is 24.3 Å². The molecule has 0 spiro atoms. The van der Waals surface area contributed by atoms with E-state index in [1.807, 2.05) is 0 Å². The Hall–Kier alpha value is -3.16. The molecule has 0 unspecified atom stereocenters. The molecule has 5 nitrogen and oxygen atoms in total. The third-order valence-corrected chi connectivity index (χ3v) is 3.77. The molecule has 0 saturated carbocycles. The van der Waals surface area contributed by atoms with Gasteiger partial charge in [0.25, 0.3) is 17.7 Å². The summed E-state index contributed by atoms with van der Waals surface area (Å²) < 4.78 is 40.2. The number of amides is 3. The van der Waals surface area contributed by atoms with Gasteiger partial charge in [0.05, 0.1) is 11.1 Å². The first-order chi connectivity index (χ1) is 11.9. The molecule has 3 rings (SSSR count). The van der Waals surface area contributed by atoms with Gasteiger partial charge in [-0.15, -0.1) is 0 Å². The van der Waals surface area contributed by atoms with E-state index in [4.69, 9.17) is 0 Å². The van der Waals surface area contributed by atoms with E-state index in [2.05, 4.69) is 5.32 Å². The van der Waals surface area contributed by atoms with Crippen LogP contribution in [0.2, 0.25) is 0 Å². The molecule has 0 aliphatic carbocycles. The highest BCUT2D eigenvalue weighted by molar-refractivity contribution is 6.21. The predicted octanol–water partition coefficient (Wildman–Crippen LogP) is 2.13. The summed E-state index contributed by atoms with van der Waals surface area (Å²) in [4.78, 5) is 37.0. The van der Waals surface area contributed by atoms with Crippen LogP contribution < -0.4 is 5.32 Å². The topological polar surface area (TPSA) is 66.5 Å². The molecule has 1 aliphatic heterocycles. The second-order valence-corrected chi connectivity index (χ2v) is 5.28. The molecule has 0 atom stereocenters. The molecule has 1 N–H and O–H groups in total. The van der Waals surface area contributed by atoms with Crippen molar-refractivity contribution in [3.05, 3.63) is 70.5 Å². The summed E-state index contributed by atoms with van der Waals surface area (Å²) in [5, 5.41) is 2.17. The summed E-state index contributed by atoms with van der Waals surface area (Å²) in [7, 11) is 0. The standard InChI is InChI=1S/C17H11F3N2O3/c18-11-5-6-12(19)14(20)13(11)15(23)21-7-8-22-16(24)9-3-1-2-4-10(9)17(22)25/h1-6H,7-8H2,(H,21,23). The number of imide groups is 1. The Bertz CT molecular complexity index is 864. The number of hydrogen-bond acceptors (Lipinski definition) is 3. The van der Waals surface area contributed by atoms with Crippen molar-refractivity contribution in [3.63, 3.8) is 0 Å². The maximum atomic E-state index is 13.5. The lowest BCUT2D eigenvalue weighted by molar-refractivity contribution is 0.0649. The van der Waals surface area contributed by atoms with Crippen molar-refractivity contribution in [2.24, 2.45) is 0 Å². The zero-order valence-electron chi connectivity index (χ0n) is 12.7. The molecule has 2 aromatic carbocycles. The number of hydrogen-bond donors (Lipinski definition) is 1. The number of carbonyl (C=O) groups excluding carboxylic acids is 3. The minimum Gasteiger partial charge on any atom is -0.350 e. The summed E-state index contributed by atoms with van der Waals surface area (Å²) >= 11 is 0. The Morgan fingerprint density at radius 2 is 1.48 bits per heavy atom. The first-order valence-corrected chi connectivity index (χ1v) is 7.28. The second kappa shape index (κ2) is 6.39. The molecule has 0 fully saturated rings. The van der Waals surface area contributed by atoms with Crippen LogP contribution >= 0.6 is 0 Å². The Morgan fingerprint density at radius 1 is 0.920 bits per heavy atom. The monoisotopic (exact) mass is 348 g/mol. The highest BCUT2D eigenvalue weighted by Crippen LogP contribution is 2.22. The molecule has 1 heterocycles. The van der Waals surface area contributed by atoms with Gasteiger partial charge in [0.2, 0.25) is 0 Å². The van der Waals surface area contributed by atoms with E-state index in [1.165, 1.54) is 12.1 Å². The van der Waals surface area contributed by atoms with Crippen molar-refractivity contribution in [2.45, 2.75) is 0 Å². The van der Waals surface area contributed by atoms with E-state index in [-0.39, 0.29) is 24.2 Å². The number of rotatable bonds is 4. The second-order valence-electron chi connectivity index (χ2n) is 5.28. The van der Waals surface area contributed by atoms with Gasteiger partial charge in [-0.1, -0.05) is 12.1 Å². The predicted molar refractivity (Wildman–Crippen MR) is 80.5 cm³/mol. The van der Waals surface area contributed by atoms with Crippen LogP contribution in [0.3, 0.4) is 0 Å². The molecule has 8 heteroatoms. The van der Waals surface area contributed by atoms with Gasteiger partial charge in [0.15, 0.2) is 11.6 Å². The fourth-order valence-electron chi connectivity index (χ4n) is 2.55. The van der Waals surface area contributed by atoms with Gasteiger partial charge in [0.1, 0.15) is 11.4 Å². The lowest BCUT2D eigenvalue weighted by atomic mass is 10.1. The summed E-state index contributed by atoms with van der Waals surface area (Å²) in [6.45, 7) is -0.420. The SMILES string of the molecule is O=C(NCCN1C(=O)c2ccccc2C1=O)c1c(F)ccc(F)c1F. The average molecular weight is 348 g/mol. The van der Waals surface area contributed by atoms with Crippen LogP contribution in [0.15, 0.2) is 36.4 Å². The molecular weight excluding hydrogens is 337 g/mol. The van der Waals surface area contributed by atoms with Crippen LogP contribution in [0.5, 0.6) is 0 Å². The quantitative estimate of drug-likeness (QED) is 0.680. The van der Waals surface area contributed by atoms with Crippen molar-refractivity contribution >= 4 is 17.7 Å². The highest BCUT2D eigenvalue weighted by Gasteiger charge is 2.34. The molecular formula is C17H11F3N2O3. The minimum absolute atomic E-state index is 0.184. The van der Waals surface area contributed by atoms with E-state index < -0.39 is 40.7 Å². The zero-order valence-corrected chi connectivity index (χ0v) is 12.7. The number of nitrogens with one attached hydrogen (secondary N) is 1. The van der Waals surface area contributed by atoms with Crippen molar-refractivity contribution in [1.29, 1.82) is 0 Å². The van der Waals surface area contributed by atoms with Crippen LogP contribution in [0.1, 0.15) is 31.1 Å². The van der Waals surface area contributed by atoms with Crippen molar-refractivity contribution < 1.29 is 27.6 Å². The normalized spacial score (nSPS) is 13.2. The summed E-state index contributed by atoms with van der Waals surface area (Å²) in [5.74, 6) is -6.37. The highest BCUT2D eigenvalue weighted by atomic mass is 19.2. The first-order valence-electron chi connectivity index (χ1n) is 7.28. The largest absolute Gasteiger partial charge is 0.350 e. The molecule has 0 saturated heterocycles. The third-order valence-electron chi connectivity index (χ3n) is 3.77. The lowest BCUT2D eigenvalue weighted by Gasteiger charge is -2.14. The fourth-order valence-corrected chi connectivity index (χ4v) is 2.55. The van der Waals surface area contributed by atoms with Gasteiger partial charge in [-0.25, -0.2) is 13.2 Å². The summed E-state index contributed by atoms with van der Waals surface area (Å²) in [6.07, 6.45) is 0. The van der Waals surface area contributed by atoms with Crippen LogP contribution in [-0.4, -0.2) is 35.7 Å². The van der Waals surface area contributed by atoms with Crippen LogP contribution in [0.4, 0.5) is 13.2 Å². The summed E-state index contributed by atoms with van der Waals surface area (Å²) in [6, 6.07) is 7.45. The van der Waals surface area contributed by atoms with E-state index in [0.717, 1.165) is 4.90 Å². The third kappa shape index (κ3) is 2.86. The number of halogens is 3. The van der Waals surface area contributed by atoms with Gasteiger partial charge in [0, 0.05) is 13.1 Å². The maximum Gasteiger partial charge on any atom is 0.261 e. The van der Waals surface area contributed by atoms with Crippen LogP contribution in [0.25, 0.3) is 0 Å². The molecule has 2 aromatic rings. The zero-order chi connectivity index (χ0) is 18.1. The number of benzene rings is 2. The average Bonchev–Trinajstić information content (AvgIpc) is 2.84. The van der Waals surface area contributed by atoms with Crippen LogP contribution in [0, 0.1) is 17.5 Å². The van der Waals surface area contributed by atoms with E-state index >= 15 is 0 Å². The van der Waals surface area contributed by atoms with E-state index in [0.29, 0.717) is 12.1 Å². The molecule has 0 aromatic heterocycles. The molecule has 3 amide bonds. The Kier molecular flexibility index (Phi) is 4.26. The number of carbonyl (C=O) groups is 3. The van der Waals surface area contributed by atoms with Crippen molar-refractivity contribution in [2.75, 3.05) is 13.1 Å². The molecule has 0 radical (unpaired) electrons. The van der Waals surface area contributed by atoms with Gasteiger partial charge < -0.3 is 5.32 Å². The Labute approximate surface area is 140 Å². The van der Waals surface area contributed by atoms with Gasteiger partial charge in [-0.2, -0.15) is 0 Å². The molecule has 1 aliphatic rings. The minimum atomic E-state index is -1.60. The molecule has 25 heavy (non-hydrogen) atoms. The smallest absolute Gasteiger partial charge is 0.261 e. The maximum absolute atomic E-state index is 13.5. The number of fused-ring (bicyclic) bond motifs is 1. The number of nitrogens with zero attached hydrogens (tertiary/aromatic N) is 1. The van der Waals surface area contributed by atoms with Crippen molar-refractivity contribution in [3.8, 4) is 0 Å². The Morgan fingerprint density at radius 3 is 2.08 bits per heavy atom. The van der Waals surface area contributed by atoms with Gasteiger partial charge in [-0.3, -0.25) is 19.3 Å². The van der Waals surface area contributed by atoms with Crippen LogP contribution in [-0.2, 0) is 0 Å².